The van der Waals surface area contributed by atoms with E-state index in [0.717, 1.165) is 49.7 Å². The van der Waals surface area contributed by atoms with Crippen molar-refractivity contribution in [2.75, 3.05) is 0 Å². The third-order valence-electron chi connectivity index (χ3n) is 5.89. The number of imidazole rings is 1. The second-order valence-electron chi connectivity index (χ2n) is 7.79. The summed E-state index contributed by atoms with van der Waals surface area (Å²) in [7, 11) is 1.77. The molecule has 3 heterocycles. The molecule has 0 bridgehead atoms. The zero-order chi connectivity index (χ0) is 21.8. The first-order valence-electron chi connectivity index (χ1n) is 10.2. The second kappa shape index (κ2) is 7.04. The van der Waals surface area contributed by atoms with Crippen LogP contribution in [0.4, 0.5) is 0 Å². The molecule has 0 atom stereocenters. The summed E-state index contributed by atoms with van der Waals surface area (Å²) >= 11 is 6.21. The fourth-order valence-electron chi connectivity index (χ4n) is 4.31. The highest BCUT2D eigenvalue weighted by atomic mass is 35.5. The molecule has 0 aliphatic heterocycles. The molecule has 6 aromatic rings. The number of rotatable bonds is 2. The van der Waals surface area contributed by atoms with E-state index >= 15 is 0 Å². The number of hydrogen-bond donors (Lipinski definition) is 0. The lowest BCUT2D eigenvalue weighted by Gasteiger charge is -2.09. The van der Waals surface area contributed by atoms with Gasteiger partial charge in [-0.25, -0.2) is 4.79 Å². The topological polar surface area (TPSA) is 52.7 Å². The van der Waals surface area contributed by atoms with Crippen molar-refractivity contribution in [3.8, 4) is 16.8 Å². The summed E-state index contributed by atoms with van der Waals surface area (Å²) in [5.74, 6) is 0. The van der Waals surface area contributed by atoms with Crippen LogP contribution in [0.15, 0.2) is 90.0 Å². The van der Waals surface area contributed by atoms with Crippen molar-refractivity contribution in [3.63, 3.8) is 0 Å². The van der Waals surface area contributed by atoms with Gasteiger partial charge in [-0.1, -0.05) is 35.9 Å². The van der Waals surface area contributed by atoms with Crippen LogP contribution in [-0.4, -0.2) is 19.1 Å². The Balaban J connectivity index is 1.67. The van der Waals surface area contributed by atoms with Gasteiger partial charge in [0.25, 0.3) is 0 Å². The molecule has 0 radical (unpaired) electrons. The Bertz CT molecular complexity index is 1730. The van der Waals surface area contributed by atoms with E-state index in [2.05, 4.69) is 22.1 Å². The largest absolute Gasteiger partial charge is 0.333 e. The minimum atomic E-state index is -0.133. The third kappa shape index (κ3) is 2.82. The van der Waals surface area contributed by atoms with E-state index in [4.69, 9.17) is 11.6 Å². The van der Waals surface area contributed by atoms with Gasteiger partial charge in [0.05, 0.1) is 27.8 Å². The minimum absolute atomic E-state index is 0.133. The van der Waals surface area contributed by atoms with Gasteiger partial charge in [-0.2, -0.15) is 0 Å². The van der Waals surface area contributed by atoms with Crippen molar-refractivity contribution in [3.05, 3.63) is 101 Å². The van der Waals surface area contributed by atoms with E-state index in [0.29, 0.717) is 5.02 Å². The quantitative estimate of drug-likeness (QED) is 0.347. The Morgan fingerprint density at radius 3 is 2.59 bits per heavy atom. The van der Waals surface area contributed by atoms with Gasteiger partial charge in [0, 0.05) is 40.8 Å². The number of fused-ring (bicyclic) bond motifs is 3. The lowest BCUT2D eigenvalue weighted by molar-refractivity contribution is 0.846. The number of para-hydroxylation sites is 1. The van der Waals surface area contributed by atoms with Crippen molar-refractivity contribution in [2.24, 2.45) is 7.05 Å². The van der Waals surface area contributed by atoms with Crippen molar-refractivity contribution in [1.82, 2.24) is 19.1 Å². The molecule has 0 amide bonds. The highest BCUT2D eigenvalue weighted by Crippen LogP contribution is 2.32. The summed E-state index contributed by atoms with van der Waals surface area (Å²) in [4.78, 5) is 22.3. The molecule has 0 unspecified atom stereocenters. The maximum absolute atomic E-state index is 13.1. The van der Waals surface area contributed by atoms with Crippen LogP contribution in [0.1, 0.15) is 0 Å². The zero-order valence-electron chi connectivity index (χ0n) is 17.2. The van der Waals surface area contributed by atoms with Gasteiger partial charge < -0.3 is 0 Å². The Labute approximate surface area is 188 Å². The van der Waals surface area contributed by atoms with Crippen LogP contribution in [0.5, 0.6) is 0 Å². The fraction of sp³-hybridized carbons (Fsp3) is 0.0385. The first-order chi connectivity index (χ1) is 15.6. The summed E-state index contributed by atoms with van der Waals surface area (Å²) < 4.78 is 3.33. The Morgan fingerprint density at radius 1 is 0.844 bits per heavy atom. The van der Waals surface area contributed by atoms with Gasteiger partial charge in [0.2, 0.25) is 0 Å². The molecule has 32 heavy (non-hydrogen) atoms. The molecule has 5 nitrogen and oxygen atoms in total. The Kier molecular flexibility index (Phi) is 4.13. The van der Waals surface area contributed by atoms with Crippen LogP contribution in [0.2, 0.25) is 5.02 Å². The summed E-state index contributed by atoms with van der Waals surface area (Å²) in [6.07, 6.45) is 3.68. The van der Waals surface area contributed by atoms with Crippen molar-refractivity contribution < 1.29 is 0 Å². The normalized spacial score (nSPS) is 11.6. The molecular formula is C26H17ClN4O. The first kappa shape index (κ1) is 18.8. The minimum Gasteiger partial charge on any atom is -0.295 e. The van der Waals surface area contributed by atoms with Crippen LogP contribution < -0.4 is 5.69 Å². The molecule has 0 saturated carbocycles. The number of hydrogen-bond acceptors (Lipinski definition) is 3. The zero-order valence-corrected chi connectivity index (χ0v) is 17.9. The van der Waals surface area contributed by atoms with Gasteiger partial charge in [-0.15, -0.1) is 0 Å². The predicted octanol–water partition coefficient (Wildman–Crippen LogP) is 5.75. The average Bonchev–Trinajstić information content (AvgIpc) is 3.06. The molecule has 0 spiro atoms. The molecule has 3 aromatic carbocycles. The highest BCUT2D eigenvalue weighted by molar-refractivity contribution is 6.30. The van der Waals surface area contributed by atoms with Gasteiger partial charge in [0.1, 0.15) is 0 Å². The maximum Gasteiger partial charge on any atom is 0.333 e. The lowest BCUT2D eigenvalue weighted by atomic mass is 10.0. The van der Waals surface area contributed by atoms with Crippen molar-refractivity contribution in [2.45, 2.75) is 0 Å². The average molecular weight is 437 g/mol. The van der Waals surface area contributed by atoms with E-state index in [9.17, 15) is 4.79 Å². The number of aromatic nitrogens is 4. The standard InChI is InChI=1S/C26H17ClN4O/c1-30-24-14-23-21(13-25(24)31(26(30)32)19-7-4-6-18(27)12-19)20(9-10-28-23)17-11-16-5-2-3-8-22(16)29-15-17/h2-15H,1H3. The molecule has 0 fully saturated rings. The molecule has 0 N–H and O–H groups in total. The first-order valence-corrected chi connectivity index (χ1v) is 10.6. The molecular weight excluding hydrogens is 420 g/mol. The summed E-state index contributed by atoms with van der Waals surface area (Å²) in [6, 6.07) is 23.5. The monoisotopic (exact) mass is 436 g/mol. The molecule has 0 aliphatic carbocycles. The number of nitrogens with zero attached hydrogens (tertiary/aromatic N) is 4. The predicted molar refractivity (Wildman–Crippen MR) is 130 cm³/mol. The van der Waals surface area contributed by atoms with Gasteiger partial charge in [-0.3, -0.25) is 19.1 Å². The molecule has 3 aromatic heterocycles. The molecule has 6 heteroatoms. The van der Waals surface area contributed by atoms with Crippen LogP contribution in [0.3, 0.4) is 0 Å². The van der Waals surface area contributed by atoms with E-state index in [-0.39, 0.29) is 5.69 Å². The van der Waals surface area contributed by atoms with Gasteiger partial charge >= 0.3 is 5.69 Å². The number of halogens is 1. The van der Waals surface area contributed by atoms with E-state index in [1.54, 1.807) is 34.5 Å². The van der Waals surface area contributed by atoms with Crippen LogP contribution >= 0.6 is 11.6 Å². The number of pyridine rings is 2. The van der Waals surface area contributed by atoms with Gasteiger partial charge in [0.15, 0.2) is 0 Å². The molecule has 154 valence electrons. The van der Waals surface area contributed by atoms with Crippen LogP contribution in [0, 0.1) is 0 Å². The lowest BCUT2D eigenvalue weighted by Crippen LogP contribution is -2.20. The third-order valence-corrected chi connectivity index (χ3v) is 6.12. The molecule has 0 aliphatic rings. The second-order valence-corrected chi connectivity index (χ2v) is 8.23. The van der Waals surface area contributed by atoms with Crippen LogP contribution in [-0.2, 0) is 7.05 Å². The Morgan fingerprint density at radius 2 is 1.72 bits per heavy atom. The van der Waals surface area contributed by atoms with E-state index < -0.39 is 0 Å². The molecule has 0 saturated heterocycles. The highest BCUT2D eigenvalue weighted by Gasteiger charge is 2.16. The van der Waals surface area contributed by atoms with Crippen molar-refractivity contribution >= 4 is 44.4 Å². The summed E-state index contributed by atoms with van der Waals surface area (Å²) in [5, 5.41) is 2.61. The maximum atomic E-state index is 13.1. The molecule has 6 rings (SSSR count). The smallest absolute Gasteiger partial charge is 0.295 e. The number of benzene rings is 3. The fourth-order valence-corrected chi connectivity index (χ4v) is 4.49. The van der Waals surface area contributed by atoms with E-state index in [1.807, 2.05) is 54.7 Å². The number of aryl methyl sites for hydroxylation is 1. The summed E-state index contributed by atoms with van der Waals surface area (Å²) in [5.41, 5.74) is 6.00. The van der Waals surface area contributed by atoms with Gasteiger partial charge in [-0.05, 0) is 54.1 Å². The Hall–Kier alpha value is -3.96. The SMILES string of the molecule is Cn1c(=O)n(-c2cccc(Cl)c2)c2cc3c(-c4cnc5ccccc5c4)ccnc3cc21. The van der Waals surface area contributed by atoms with Crippen LogP contribution in [0.25, 0.3) is 49.7 Å². The summed E-state index contributed by atoms with van der Waals surface area (Å²) in [6.45, 7) is 0. The van der Waals surface area contributed by atoms with E-state index in [1.165, 1.54) is 0 Å². The van der Waals surface area contributed by atoms with Crippen molar-refractivity contribution in [1.29, 1.82) is 0 Å².